The zero-order chi connectivity index (χ0) is 20.0. The molecule has 1 saturated carbocycles. The standard InChI is InChI=1S/C18H24N4O4S/c1-10-6-17(2,3)9-18(7-10)15(25)22(16(26)21-18)8-12(23)20-14-11(13(19)24)4-5-27-14/h4-5,10H,6-9H2,1-3H3,(H2,19,24)(H,20,23)(H,21,26). The summed E-state index contributed by atoms with van der Waals surface area (Å²) in [5, 5.41) is 7.33. The summed E-state index contributed by atoms with van der Waals surface area (Å²) in [5.74, 6) is -1.28. The van der Waals surface area contributed by atoms with Crippen molar-refractivity contribution >= 4 is 40.1 Å². The van der Waals surface area contributed by atoms with Crippen LogP contribution in [0.5, 0.6) is 0 Å². The Morgan fingerprint density at radius 1 is 1.37 bits per heavy atom. The normalized spacial score (nSPS) is 26.9. The van der Waals surface area contributed by atoms with Crippen molar-refractivity contribution in [1.82, 2.24) is 10.2 Å². The number of carbonyl (C=O) groups excluding carboxylic acids is 4. The van der Waals surface area contributed by atoms with Crippen LogP contribution < -0.4 is 16.4 Å². The molecular weight excluding hydrogens is 368 g/mol. The molecule has 2 aliphatic rings. The second-order valence-corrected chi connectivity index (χ2v) is 9.25. The molecule has 1 saturated heterocycles. The van der Waals surface area contributed by atoms with E-state index >= 15 is 0 Å². The van der Waals surface area contributed by atoms with Crippen molar-refractivity contribution in [1.29, 1.82) is 0 Å². The van der Waals surface area contributed by atoms with Gasteiger partial charge in [-0.25, -0.2) is 4.79 Å². The van der Waals surface area contributed by atoms with Crippen molar-refractivity contribution in [2.75, 3.05) is 11.9 Å². The number of nitrogens with one attached hydrogen (secondary N) is 2. The van der Waals surface area contributed by atoms with E-state index in [2.05, 4.69) is 31.4 Å². The number of hydrogen-bond acceptors (Lipinski definition) is 5. The maximum atomic E-state index is 13.0. The van der Waals surface area contributed by atoms with Crippen molar-refractivity contribution in [3.8, 4) is 0 Å². The smallest absolute Gasteiger partial charge is 0.325 e. The molecule has 9 heteroatoms. The lowest BCUT2D eigenvalue weighted by Crippen LogP contribution is -2.54. The first-order chi connectivity index (χ1) is 12.5. The molecule has 3 rings (SSSR count). The molecule has 0 aromatic carbocycles. The summed E-state index contributed by atoms with van der Waals surface area (Å²) in [6.07, 6.45) is 2.09. The van der Waals surface area contributed by atoms with Gasteiger partial charge in [-0.15, -0.1) is 11.3 Å². The zero-order valence-electron chi connectivity index (χ0n) is 15.6. The SMILES string of the molecule is CC1CC(C)(C)CC2(C1)NC(=O)N(CC(=O)Nc1sccc1C(N)=O)C2=O. The van der Waals surface area contributed by atoms with Crippen LogP contribution in [0, 0.1) is 11.3 Å². The fraction of sp³-hybridized carbons (Fsp3) is 0.556. The number of nitrogens with zero attached hydrogens (tertiary/aromatic N) is 1. The lowest BCUT2D eigenvalue weighted by Gasteiger charge is -2.43. The molecule has 1 aromatic rings. The maximum absolute atomic E-state index is 13.0. The summed E-state index contributed by atoms with van der Waals surface area (Å²) in [5.41, 5.74) is 4.44. The van der Waals surface area contributed by atoms with Gasteiger partial charge < -0.3 is 16.4 Å². The topological polar surface area (TPSA) is 122 Å². The number of carbonyl (C=O) groups is 4. The number of thiophene rings is 1. The van der Waals surface area contributed by atoms with E-state index in [0.29, 0.717) is 17.8 Å². The van der Waals surface area contributed by atoms with Gasteiger partial charge in [0, 0.05) is 0 Å². The van der Waals surface area contributed by atoms with Crippen LogP contribution in [0.4, 0.5) is 9.80 Å². The van der Waals surface area contributed by atoms with Gasteiger partial charge in [0.15, 0.2) is 0 Å². The number of anilines is 1. The molecule has 1 aliphatic carbocycles. The van der Waals surface area contributed by atoms with Gasteiger partial charge in [-0.05, 0) is 42.0 Å². The van der Waals surface area contributed by atoms with Crippen molar-refractivity contribution in [2.45, 2.75) is 45.6 Å². The quantitative estimate of drug-likeness (QED) is 0.678. The third kappa shape index (κ3) is 3.69. The number of urea groups is 1. The van der Waals surface area contributed by atoms with E-state index in [1.165, 1.54) is 6.07 Å². The number of imide groups is 1. The Labute approximate surface area is 161 Å². The molecule has 5 amide bonds. The largest absolute Gasteiger partial charge is 0.366 e. The van der Waals surface area contributed by atoms with E-state index in [1.54, 1.807) is 5.38 Å². The minimum atomic E-state index is -0.945. The average molecular weight is 392 g/mol. The summed E-state index contributed by atoms with van der Waals surface area (Å²) in [7, 11) is 0. The van der Waals surface area contributed by atoms with Gasteiger partial charge in [0.25, 0.3) is 11.8 Å². The number of hydrogen-bond donors (Lipinski definition) is 3. The predicted octanol–water partition coefficient (Wildman–Crippen LogP) is 1.92. The average Bonchev–Trinajstić information content (AvgIpc) is 3.04. The molecule has 1 aromatic heterocycles. The number of nitrogens with two attached hydrogens (primary N) is 1. The summed E-state index contributed by atoms with van der Waals surface area (Å²) in [6, 6.07) is 0.956. The summed E-state index contributed by atoms with van der Waals surface area (Å²) < 4.78 is 0. The van der Waals surface area contributed by atoms with Crippen LogP contribution in [-0.4, -0.2) is 40.7 Å². The Bertz CT molecular complexity index is 818. The third-order valence-electron chi connectivity index (χ3n) is 5.11. The molecule has 146 valence electrons. The summed E-state index contributed by atoms with van der Waals surface area (Å²) in [4.78, 5) is 50.1. The first-order valence-electron chi connectivity index (χ1n) is 8.84. The fourth-order valence-corrected chi connectivity index (χ4v) is 5.37. The van der Waals surface area contributed by atoms with E-state index in [9.17, 15) is 19.2 Å². The van der Waals surface area contributed by atoms with Gasteiger partial charge in [-0.2, -0.15) is 0 Å². The monoisotopic (exact) mass is 392 g/mol. The van der Waals surface area contributed by atoms with Crippen molar-refractivity contribution in [3.05, 3.63) is 17.0 Å². The minimum Gasteiger partial charge on any atom is -0.366 e. The van der Waals surface area contributed by atoms with Gasteiger partial charge in [-0.1, -0.05) is 20.8 Å². The Kier molecular flexibility index (Phi) is 4.75. The second-order valence-electron chi connectivity index (χ2n) is 8.33. The van der Waals surface area contributed by atoms with Crippen molar-refractivity contribution < 1.29 is 19.2 Å². The van der Waals surface area contributed by atoms with E-state index in [4.69, 9.17) is 5.73 Å². The maximum Gasteiger partial charge on any atom is 0.325 e. The van der Waals surface area contributed by atoms with E-state index in [-0.39, 0.29) is 22.8 Å². The first kappa shape index (κ1) is 19.3. The Morgan fingerprint density at radius 2 is 2.07 bits per heavy atom. The van der Waals surface area contributed by atoms with Crippen LogP contribution in [0.2, 0.25) is 0 Å². The number of rotatable bonds is 4. The van der Waals surface area contributed by atoms with Crippen LogP contribution in [0.1, 0.15) is 50.4 Å². The molecule has 1 aliphatic heterocycles. The Morgan fingerprint density at radius 3 is 2.70 bits per heavy atom. The second kappa shape index (κ2) is 6.63. The summed E-state index contributed by atoms with van der Waals surface area (Å²) in [6.45, 7) is 5.83. The first-order valence-corrected chi connectivity index (χ1v) is 9.72. The Balaban J connectivity index is 1.73. The highest BCUT2D eigenvalue weighted by Gasteiger charge is 2.56. The van der Waals surface area contributed by atoms with E-state index in [0.717, 1.165) is 22.7 Å². The van der Waals surface area contributed by atoms with E-state index in [1.807, 2.05) is 0 Å². The zero-order valence-corrected chi connectivity index (χ0v) is 16.4. The lowest BCUT2D eigenvalue weighted by molar-refractivity contribution is -0.136. The minimum absolute atomic E-state index is 0.0771. The van der Waals surface area contributed by atoms with Gasteiger partial charge in [-0.3, -0.25) is 19.3 Å². The predicted molar refractivity (Wildman–Crippen MR) is 101 cm³/mol. The molecule has 0 radical (unpaired) electrons. The molecule has 2 heterocycles. The summed E-state index contributed by atoms with van der Waals surface area (Å²) >= 11 is 1.15. The van der Waals surface area contributed by atoms with Crippen LogP contribution in [-0.2, 0) is 9.59 Å². The highest BCUT2D eigenvalue weighted by atomic mass is 32.1. The molecule has 8 nitrogen and oxygen atoms in total. The number of amides is 5. The Hall–Kier alpha value is -2.42. The third-order valence-corrected chi connectivity index (χ3v) is 5.94. The highest BCUT2D eigenvalue weighted by Crippen LogP contribution is 2.46. The molecule has 2 unspecified atom stereocenters. The van der Waals surface area contributed by atoms with Gasteiger partial charge in [0.05, 0.1) is 5.56 Å². The van der Waals surface area contributed by atoms with Gasteiger partial charge in [0.1, 0.15) is 17.1 Å². The van der Waals surface area contributed by atoms with Crippen LogP contribution >= 0.6 is 11.3 Å². The molecule has 2 atom stereocenters. The molecule has 2 fully saturated rings. The van der Waals surface area contributed by atoms with Crippen molar-refractivity contribution in [2.24, 2.45) is 17.1 Å². The highest BCUT2D eigenvalue weighted by molar-refractivity contribution is 7.14. The molecule has 4 N–H and O–H groups in total. The molecular formula is C18H24N4O4S. The van der Waals surface area contributed by atoms with Crippen LogP contribution in [0.25, 0.3) is 0 Å². The van der Waals surface area contributed by atoms with Crippen molar-refractivity contribution in [3.63, 3.8) is 0 Å². The number of primary amides is 1. The fourth-order valence-electron chi connectivity index (χ4n) is 4.56. The molecule has 27 heavy (non-hydrogen) atoms. The van der Waals surface area contributed by atoms with Crippen LogP contribution in [0.15, 0.2) is 11.4 Å². The van der Waals surface area contributed by atoms with Gasteiger partial charge in [0.2, 0.25) is 5.91 Å². The van der Waals surface area contributed by atoms with Crippen LogP contribution in [0.3, 0.4) is 0 Å². The van der Waals surface area contributed by atoms with Gasteiger partial charge >= 0.3 is 6.03 Å². The lowest BCUT2D eigenvalue weighted by atomic mass is 9.64. The van der Waals surface area contributed by atoms with E-state index < -0.39 is 29.9 Å². The molecule has 0 bridgehead atoms. The molecule has 1 spiro atoms.